The molecule has 0 saturated heterocycles. The highest BCUT2D eigenvalue weighted by molar-refractivity contribution is 5.99. The lowest BCUT2D eigenvalue weighted by molar-refractivity contribution is 0.244. The van der Waals surface area contributed by atoms with Gasteiger partial charge in [-0.2, -0.15) is 0 Å². The number of nitrogens with two attached hydrogens (primary N) is 1. The van der Waals surface area contributed by atoms with E-state index < -0.39 is 0 Å². The summed E-state index contributed by atoms with van der Waals surface area (Å²) in [6, 6.07) is 17.0. The Kier molecular flexibility index (Phi) is 5.36. The molecule has 1 fully saturated rings. The van der Waals surface area contributed by atoms with E-state index in [-0.39, 0.29) is 6.03 Å². The Morgan fingerprint density at radius 3 is 2.25 bits per heavy atom. The normalized spacial score (nSPS) is 15.0. The molecule has 2 amide bonds. The van der Waals surface area contributed by atoms with Gasteiger partial charge in [0.1, 0.15) is 0 Å². The molecule has 0 radical (unpaired) electrons. The van der Waals surface area contributed by atoms with Crippen LogP contribution in [0.15, 0.2) is 54.6 Å². The van der Waals surface area contributed by atoms with Gasteiger partial charge in [0.2, 0.25) is 0 Å². The maximum Gasteiger partial charge on any atom is 0.326 e. The number of hydrogen-bond donors (Lipinski definition) is 2. The summed E-state index contributed by atoms with van der Waals surface area (Å²) in [7, 11) is 0. The van der Waals surface area contributed by atoms with E-state index in [1.54, 1.807) is 4.90 Å². The predicted molar refractivity (Wildman–Crippen MR) is 99.4 cm³/mol. The van der Waals surface area contributed by atoms with E-state index in [0.717, 1.165) is 17.9 Å². The Morgan fingerprint density at radius 1 is 0.958 bits per heavy atom. The Bertz CT molecular complexity index is 648. The summed E-state index contributed by atoms with van der Waals surface area (Å²) in [5.41, 5.74) is 8.13. The first kappa shape index (κ1) is 16.4. The minimum absolute atomic E-state index is 0.0865. The molecule has 0 atom stereocenters. The number of carbonyl (C=O) groups excluding carboxylic acids is 1. The zero-order chi connectivity index (χ0) is 16.8. The lowest BCUT2D eigenvalue weighted by Gasteiger charge is -2.26. The van der Waals surface area contributed by atoms with Crippen LogP contribution in [0.1, 0.15) is 32.1 Å². The Morgan fingerprint density at radius 2 is 1.58 bits per heavy atom. The van der Waals surface area contributed by atoms with Gasteiger partial charge in [-0.05, 0) is 55.2 Å². The lowest BCUT2D eigenvalue weighted by Crippen LogP contribution is -2.39. The van der Waals surface area contributed by atoms with Gasteiger partial charge in [-0.15, -0.1) is 0 Å². The topological polar surface area (TPSA) is 58.4 Å². The molecule has 3 N–H and O–H groups in total. The van der Waals surface area contributed by atoms with Gasteiger partial charge in [0.25, 0.3) is 0 Å². The molecule has 4 nitrogen and oxygen atoms in total. The van der Waals surface area contributed by atoms with Gasteiger partial charge in [0.05, 0.1) is 11.4 Å². The van der Waals surface area contributed by atoms with E-state index >= 15 is 0 Å². The van der Waals surface area contributed by atoms with Crippen LogP contribution in [0.25, 0.3) is 0 Å². The molecule has 1 saturated carbocycles. The van der Waals surface area contributed by atoms with Crippen molar-refractivity contribution in [2.24, 2.45) is 5.92 Å². The van der Waals surface area contributed by atoms with E-state index in [2.05, 4.69) is 5.32 Å². The van der Waals surface area contributed by atoms with Crippen molar-refractivity contribution < 1.29 is 4.79 Å². The maximum atomic E-state index is 12.9. The minimum Gasteiger partial charge on any atom is -0.399 e. The Balaban J connectivity index is 1.76. The average Bonchev–Trinajstić information content (AvgIpc) is 2.64. The number of nitrogen functional groups attached to an aromatic ring is 1. The van der Waals surface area contributed by atoms with Crippen molar-refractivity contribution in [2.45, 2.75) is 32.1 Å². The highest BCUT2D eigenvalue weighted by atomic mass is 16.2. The van der Waals surface area contributed by atoms with Crippen LogP contribution >= 0.6 is 0 Å². The zero-order valence-electron chi connectivity index (χ0n) is 13.9. The van der Waals surface area contributed by atoms with Crippen molar-refractivity contribution in [1.29, 1.82) is 0 Å². The number of anilines is 3. The molecule has 0 unspecified atom stereocenters. The molecule has 126 valence electrons. The van der Waals surface area contributed by atoms with Gasteiger partial charge in [-0.3, -0.25) is 4.90 Å². The summed E-state index contributed by atoms with van der Waals surface area (Å²) in [5, 5.41) is 3.12. The second-order valence-electron chi connectivity index (χ2n) is 6.45. The van der Waals surface area contributed by atoms with Gasteiger partial charge in [0.15, 0.2) is 0 Å². The van der Waals surface area contributed by atoms with Crippen LogP contribution in [0.4, 0.5) is 21.9 Å². The van der Waals surface area contributed by atoms with Crippen LogP contribution < -0.4 is 16.0 Å². The molecule has 3 rings (SSSR count). The van der Waals surface area contributed by atoms with Crippen LogP contribution in [0.2, 0.25) is 0 Å². The van der Waals surface area contributed by atoms with Crippen molar-refractivity contribution in [1.82, 2.24) is 5.32 Å². The molecule has 1 aliphatic carbocycles. The maximum absolute atomic E-state index is 12.9. The number of nitrogens with zero attached hydrogens (tertiary/aromatic N) is 1. The van der Waals surface area contributed by atoms with E-state index in [9.17, 15) is 4.79 Å². The fraction of sp³-hybridized carbons (Fsp3) is 0.350. The number of para-hydroxylation sites is 1. The first-order valence-electron chi connectivity index (χ1n) is 8.72. The molecule has 0 aliphatic heterocycles. The fourth-order valence-electron chi connectivity index (χ4n) is 3.29. The van der Waals surface area contributed by atoms with E-state index in [1.807, 2.05) is 54.6 Å². The number of carbonyl (C=O) groups is 1. The largest absolute Gasteiger partial charge is 0.399 e. The van der Waals surface area contributed by atoms with E-state index in [4.69, 9.17) is 5.73 Å². The first-order chi connectivity index (χ1) is 11.7. The Hall–Kier alpha value is -2.49. The molecule has 1 aliphatic rings. The second-order valence-corrected chi connectivity index (χ2v) is 6.45. The molecular weight excluding hydrogens is 298 g/mol. The van der Waals surface area contributed by atoms with Crippen molar-refractivity contribution >= 4 is 23.1 Å². The molecule has 0 aromatic heterocycles. The fourth-order valence-corrected chi connectivity index (χ4v) is 3.29. The average molecular weight is 323 g/mol. The van der Waals surface area contributed by atoms with Crippen molar-refractivity contribution in [3.05, 3.63) is 54.6 Å². The highest BCUT2D eigenvalue weighted by Gasteiger charge is 2.20. The van der Waals surface area contributed by atoms with Gasteiger partial charge >= 0.3 is 6.03 Å². The quantitative estimate of drug-likeness (QED) is 0.801. The second kappa shape index (κ2) is 7.86. The Labute approximate surface area is 143 Å². The monoisotopic (exact) mass is 323 g/mol. The molecular formula is C20H25N3O. The molecule has 2 aromatic rings. The van der Waals surface area contributed by atoms with Gasteiger partial charge in [-0.25, -0.2) is 4.79 Å². The summed E-state index contributed by atoms with van der Waals surface area (Å²) in [6.45, 7) is 0.747. The van der Waals surface area contributed by atoms with Crippen LogP contribution in [-0.2, 0) is 0 Å². The summed E-state index contributed by atoms with van der Waals surface area (Å²) >= 11 is 0. The number of nitrogens with one attached hydrogen (secondary N) is 1. The highest BCUT2D eigenvalue weighted by Crippen LogP contribution is 2.27. The summed E-state index contributed by atoms with van der Waals surface area (Å²) in [4.78, 5) is 14.6. The number of urea groups is 1. The number of benzene rings is 2. The summed E-state index contributed by atoms with van der Waals surface area (Å²) in [6.07, 6.45) is 6.31. The molecule has 4 heteroatoms. The van der Waals surface area contributed by atoms with Crippen LogP contribution in [0.3, 0.4) is 0 Å². The molecule has 2 aromatic carbocycles. The zero-order valence-corrected chi connectivity index (χ0v) is 13.9. The summed E-state index contributed by atoms with van der Waals surface area (Å²) < 4.78 is 0. The predicted octanol–water partition coefficient (Wildman–Crippen LogP) is 4.70. The first-order valence-corrected chi connectivity index (χ1v) is 8.72. The lowest BCUT2D eigenvalue weighted by atomic mass is 9.89. The van der Waals surface area contributed by atoms with Crippen LogP contribution in [-0.4, -0.2) is 12.6 Å². The van der Waals surface area contributed by atoms with Crippen molar-refractivity contribution in [2.75, 3.05) is 17.2 Å². The summed E-state index contributed by atoms with van der Waals surface area (Å²) in [5.74, 6) is 0.603. The van der Waals surface area contributed by atoms with Crippen LogP contribution in [0.5, 0.6) is 0 Å². The molecule has 0 heterocycles. The third kappa shape index (κ3) is 4.07. The number of hydrogen-bond acceptors (Lipinski definition) is 2. The standard InChI is InChI=1S/C20H25N3O/c21-17-11-13-19(14-12-17)23(18-9-5-2-6-10-18)20(24)22-15-16-7-3-1-4-8-16/h2,5-6,9-14,16H,1,3-4,7-8,15,21H2,(H,22,24). The smallest absolute Gasteiger partial charge is 0.326 e. The third-order valence-corrected chi connectivity index (χ3v) is 4.64. The van der Waals surface area contributed by atoms with Gasteiger partial charge in [0, 0.05) is 12.2 Å². The number of rotatable bonds is 4. The van der Waals surface area contributed by atoms with Crippen LogP contribution in [0, 0.1) is 5.92 Å². The number of amides is 2. The van der Waals surface area contributed by atoms with Gasteiger partial charge < -0.3 is 11.1 Å². The molecule has 0 spiro atoms. The molecule has 0 bridgehead atoms. The van der Waals surface area contributed by atoms with E-state index in [1.165, 1.54) is 32.1 Å². The van der Waals surface area contributed by atoms with Crippen molar-refractivity contribution in [3.8, 4) is 0 Å². The SMILES string of the molecule is Nc1ccc(N(C(=O)NCC2CCCCC2)c2ccccc2)cc1. The minimum atomic E-state index is -0.0865. The third-order valence-electron chi connectivity index (χ3n) is 4.64. The molecule has 24 heavy (non-hydrogen) atoms. The van der Waals surface area contributed by atoms with E-state index in [0.29, 0.717) is 11.6 Å². The van der Waals surface area contributed by atoms with Crippen molar-refractivity contribution in [3.63, 3.8) is 0 Å². The van der Waals surface area contributed by atoms with Gasteiger partial charge in [-0.1, -0.05) is 37.5 Å².